The summed E-state index contributed by atoms with van der Waals surface area (Å²) in [6.07, 6.45) is 1.91. The van der Waals surface area contributed by atoms with Crippen LogP contribution in [0.1, 0.15) is 26.2 Å². The average Bonchev–Trinajstić information content (AvgIpc) is 3.09. The smallest absolute Gasteiger partial charge is 0.313 e. The monoisotopic (exact) mass is 298 g/mol. The molecule has 0 heterocycles. The number of ether oxygens (including phenoxy) is 1. The Kier molecular flexibility index (Phi) is 3.43. The Hall–Kier alpha value is -1.03. The normalized spacial score (nSPS) is 18.5. The molecule has 0 saturated heterocycles. The lowest BCUT2D eigenvalue weighted by Crippen LogP contribution is -2.34. The fourth-order valence-electron chi connectivity index (χ4n) is 2.07. The lowest BCUT2D eigenvalue weighted by atomic mass is 9.97. The molecule has 0 amide bonds. The van der Waals surface area contributed by atoms with E-state index < -0.39 is 11.4 Å². The lowest BCUT2D eigenvalue weighted by molar-refractivity contribution is -0.147. The largest absolute Gasteiger partial charge is 0.489 e. The molecule has 0 aliphatic heterocycles. The van der Waals surface area contributed by atoms with Crippen molar-refractivity contribution in [3.63, 3.8) is 0 Å². The fraction of sp³-hybridized carbons (Fsp3) is 0.462. The second kappa shape index (κ2) is 4.69. The summed E-state index contributed by atoms with van der Waals surface area (Å²) >= 11 is 3.35. The molecule has 1 saturated carbocycles. The molecule has 0 bridgehead atoms. The third-order valence-electron chi connectivity index (χ3n) is 3.29. The van der Waals surface area contributed by atoms with Crippen molar-refractivity contribution < 1.29 is 14.6 Å². The van der Waals surface area contributed by atoms with Gasteiger partial charge in [0.05, 0.1) is 0 Å². The number of carboxylic acid groups (broad SMARTS) is 1. The second-order valence-electron chi connectivity index (χ2n) is 4.43. The Balaban J connectivity index is 2.10. The third kappa shape index (κ3) is 2.46. The van der Waals surface area contributed by atoms with Crippen molar-refractivity contribution in [1.82, 2.24) is 0 Å². The SMILES string of the molecule is CCC(Oc1ccc(Br)cc1)C1(C(=O)O)CC1. The molecule has 1 aliphatic carbocycles. The summed E-state index contributed by atoms with van der Waals surface area (Å²) in [5.74, 6) is -0.00552. The molecule has 1 aromatic carbocycles. The molecule has 1 atom stereocenters. The van der Waals surface area contributed by atoms with Gasteiger partial charge in [-0.2, -0.15) is 0 Å². The first-order valence-electron chi connectivity index (χ1n) is 5.74. The van der Waals surface area contributed by atoms with Crippen LogP contribution in [0.2, 0.25) is 0 Å². The summed E-state index contributed by atoms with van der Waals surface area (Å²) in [5, 5.41) is 9.24. The van der Waals surface area contributed by atoms with Crippen molar-refractivity contribution in [2.75, 3.05) is 0 Å². The van der Waals surface area contributed by atoms with Crippen LogP contribution < -0.4 is 4.74 Å². The zero-order chi connectivity index (χ0) is 12.5. The number of carboxylic acids is 1. The minimum Gasteiger partial charge on any atom is -0.489 e. The maximum absolute atomic E-state index is 11.2. The van der Waals surface area contributed by atoms with E-state index in [0.29, 0.717) is 6.42 Å². The summed E-state index contributed by atoms with van der Waals surface area (Å²) in [6, 6.07) is 7.49. The summed E-state index contributed by atoms with van der Waals surface area (Å²) in [4.78, 5) is 11.2. The quantitative estimate of drug-likeness (QED) is 0.905. The predicted octanol–water partition coefficient (Wildman–Crippen LogP) is 3.47. The molecule has 17 heavy (non-hydrogen) atoms. The Labute approximate surface area is 109 Å². The highest BCUT2D eigenvalue weighted by atomic mass is 79.9. The molecule has 92 valence electrons. The van der Waals surface area contributed by atoms with Crippen LogP contribution in [-0.4, -0.2) is 17.2 Å². The van der Waals surface area contributed by atoms with E-state index in [4.69, 9.17) is 4.74 Å². The van der Waals surface area contributed by atoms with Gasteiger partial charge in [-0.1, -0.05) is 22.9 Å². The molecule has 0 aromatic heterocycles. The molecule has 2 rings (SSSR count). The van der Waals surface area contributed by atoms with E-state index >= 15 is 0 Å². The minimum absolute atomic E-state index is 0.235. The van der Waals surface area contributed by atoms with Gasteiger partial charge < -0.3 is 9.84 Å². The number of rotatable bonds is 5. The average molecular weight is 299 g/mol. The molecule has 1 fully saturated rings. The summed E-state index contributed by atoms with van der Waals surface area (Å²) in [6.45, 7) is 1.96. The number of hydrogen-bond donors (Lipinski definition) is 1. The number of aliphatic carboxylic acids is 1. The number of hydrogen-bond acceptors (Lipinski definition) is 2. The van der Waals surface area contributed by atoms with Crippen molar-refractivity contribution in [3.8, 4) is 5.75 Å². The molecular weight excluding hydrogens is 284 g/mol. The van der Waals surface area contributed by atoms with E-state index in [1.54, 1.807) is 0 Å². The van der Waals surface area contributed by atoms with Crippen molar-refractivity contribution in [2.24, 2.45) is 5.41 Å². The van der Waals surface area contributed by atoms with E-state index in [1.807, 2.05) is 31.2 Å². The van der Waals surface area contributed by atoms with E-state index in [-0.39, 0.29) is 6.10 Å². The topological polar surface area (TPSA) is 46.5 Å². The van der Waals surface area contributed by atoms with Gasteiger partial charge in [0, 0.05) is 4.47 Å². The molecule has 3 nitrogen and oxygen atoms in total. The van der Waals surface area contributed by atoms with Crippen LogP contribution in [0.4, 0.5) is 0 Å². The third-order valence-corrected chi connectivity index (χ3v) is 3.82. The van der Waals surface area contributed by atoms with Crippen LogP contribution in [0.3, 0.4) is 0 Å². The van der Waals surface area contributed by atoms with E-state index in [2.05, 4.69) is 15.9 Å². The van der Waals surface area contributed by atoms with Crippen molar-refractivity contribution >= 4 is 21.9 Å². The molecular formula is C13H15BrO3. The maximum atomic E-state index is 11.2. The number of carbonyl (C=O) groups is 1. The summed E-state index contributed by atoms with van der Waals surface area (Å²) in [7, 11) is 0. The van der Waals surface area contributed by atoms with Crippen molar-refractivity contribution in [3.05, 3.63) is 28.7 Å². The standard InChI is InChI=1S/C13H15BrO3/c1-2-11(13(7-8-13)12(15)16)17-10-5-3-9(14)4-6-10/h3-6,11H,2,7-8H2,1H3,(H,15,16). The molecule has 1 aromatic rings. The second-order valence-corrected chi connectivity index (χ2v) is 5.35. The van der Waals surface area contributed by atoms with Gasteiger partial charge in [-0.25, -0.2) is 0 Å². The van der Waals surface area contributed by atoms with E-state index in [1.165, 1.54) is 0 Å². The van der Waals surface area contributed by atoms with Gasteiger partial charge in [0.1, 0.15) is 17.3 Å². The van der Waals surface area contributed by atoms with Crippen molar-refractivity contribution in [1.29, 1.82) is 0 Å². The summed E-state index contributed by atoms with van der Waals surface area (Å²) < 4.78 is 6.79. The molecule has 1 unspecified atom stereocenters. The zero-order valence-corrected chi connectivity index (χ0v) is 11.2. The maximum Gasteiger partial charge on any atom is 0.313 e. The van der Waals surface area contributed by atoms with Gasteiger partial charge in [0.15, 0.2) is 0 Å². The molecule has 1 N–H and O–H groups in total. The Bertz CT molecular complexity index is 409. The first kappa shape index (κ1) is 12.4. The first-order chi connectivity index (χ1) is 8.08. The van der Waals surface area contributed by atoms with Gasteiger partial charge in [-0.15, -0.1) is 0 Å². The van der Waals surface area contributed by atoms with Crippen LogP contribution >= 0.6 is 15.9 Å². The highest BCUT2D eigenvalue weighted by Gasteiger charge is 2.57. The number of halogens is 1. The van der Waals surface area contributed by atoms with Gasteiger partial charge in [0.2, 0.25) is 0 Å². The highest BCUT2D eigenvalue weighted by Crippen LogP contribution is 2.51. The first-order valence-corrected chi connectivity index (χ1v) is 6.53. The predicted molar refractivity (Wildman–Crippen MR) is 68.2 cm³/mol. The van der Waals surface area contributed by atoms with Crippen LogP contribution in [-0.2, 0) is 4.79 Å². The molecule has 1 aliphatic rings. The van der Waals surface area contributed by atoms with E-state index in [0.717, 1.165) is 23.1 Å². The Morgan fingerprint density at radius 1 is 1.47 bits per heavy atom. The Morgan fingerprint density at radius 2 is 2.06 bits per heavy atom. The van der Waals surface area contributed by atoms with Gasteiger partial charge >= 0.3 is 5.97 Å². The van der Waals surface area contributed by atoms with Crippen molar-refractivity contribution in [2.45, 2.75) is 32.3 Å². The van der Waals surface area contributed by atoms with Gasteiger partial charge in [-0.05, 0) is 43.5 Å². The highest BCUT2D eigenvalue weighted by molar-refractivity contribution is 9.10. The van der Waals surface area contributed by atoms with Gasteiger partial charge in [-0.3, -0.25) is 4.79 Å². The number of benzene rings is 1. The lowest BCUT2D eigenvalue weighted by Gasteiger charge is -2.23. The molecule has 0 spiro atoms. The fourth-order valence-corrected chi connectivity index (χ4v) is 2.34. The van der Waals surface area contributed by atoms with Crippen LogP contribution in [0.25, 0.3) is 0 Å². The summed E-state index contributed by atoms with van der Waals surface area (Å²) in [5.41, 5.74) is -0.651. The van der Waals surface area contributed by atoms with Crippen LogP contribution in [0, 0.1) is 5.41 Å². The Morgan fingerprint density at radius 3 is 2.47 bits per heavy atom. The van der Waals surface area contributed by atoms with Crippen LogP contribution in [0.15, 0.2) is 28.7 Å². The zero-order valence-electron chi connectivity index (χ0n) is 9.65. The molecule has 4 heteroatoms. The van der Waals surface area contributed by atoms with E-state index in [9.17, 15) is 9.90 Å². The minimum atomic E-state index is -0.735. The van der Waals surface area contributed by atoms with Gasteiger partial charge in [0.25, 0.3) is 0 Å². The molecule has 0 radical (unpaired) electrons. The van der Waals surface area contributed by atoms with Crippen LogP contribution in [0.5, 0.6) is 5.75 Å².